The number of amides is 2. The van der Waals surface area contributed by atoms with E-state index in [2.05, 4.69) is 22.0 Å². The minimum atomic E-state index is 0.0175. The highest BCUT2D eigenvalue weighted by molar-refractivity contribution is 5.79. The van der Waals surface area contributed by atoms with Gasteiger partial charge in [-0.05, 0) is 33.2 Å². The van der Waals surface area contributed by atoms with E-state index in [0.29, 0.717) is 25.8 Å². The Morgan fingerprint density at radius 2 is 2.05 bits per heavy atom. The Kier molecular flexibility index (Phi) is 7.18. The van der Waals surface area contributed by atoms with Crippen molar-refractivity contribution in [2.75, 3.05) is 19.6 Å². The molecule has 1 rings (SSSR count). The molecule has 1 aliphatic rings. The molecule has 0 spiro atoms. The maximum Gasteiger partial charge on any atom is 0.220 e. The summed E-state index contributed by atoms with van der Waals surface area (Å²) in [4.78, 5) is 23.0. The lowest BCUT2D eigenvalue weighted by Crippen LogP contribution is -2.31. The third-order valence-corrected chi connectivity index (χ3v) is 2.93. The zero-order chi connectivity index (χ0) is 14.1. The van der Waals surface area contributed by atoms with Crippen LogP contribution < -0.4 is 16.0 Å². The Balaban J connectivity index is 2.07. The third-order valence-electron chi connectivity index (χ3n) is 2.93. The van der Waals surface area contributed by atoms with Crippen molar-refractivity contribution in [2.24, 2.45) is 0 Å². The number of carbonyl (C=O) groups excluding carboxylic acids is 2. The highest BCUT2D eigenvalue weighted by atomic mass is 16.2. The van der Waals surface area contributed by atoms with Crippen LogP contribution in [-0.2, 0) is 9.59 Å². The normalized spacial score (nSPS) is 15.0. The molecule has 108 valence electrons. The summed E-state index contributed by atoms with van der Waals surface area (Å²) in [6.45, 7) is 6.37. The van der Waals surface area contributed by atoms with Crippen molar-refractivity contribution in [1.29, 1.82) is 0 Å². The molecule has 3 N–H and O–H groups in total. The predicted molar refractivity (Wildman–Crippen MR) is 75.7 cm³/mol. The average Bonchev–Trinajstić information content (AvgIpc) is 2.36. The fourth-order valence-corrected chi connectivity index (χ4v) is 1.93. The molecule has 0 aromatic heterocycles. The largest absolute Gasteiger partial charge is 0.354 e. The maximum atomic E-state index is 11.6. The summed E-state index contributed by atoms with van der Waals surface area (Å²) >= 11 is 0. The third kappa shape index (κ3) is 7.62. The summed E-state index contributed by atoms with van der Waals surface area (Å²) in [6, 6.07) is 0.160. The van der Waals surface area contributed by atoms with Crippen molar-refractivity contribution in [3.05, 3.63) is 11.6 Å². The van der Waals surface area contributed by atoms with Gasteiger partial charge in [0.2, 0.25) is 11.8 Å². The van der Waals surface area contributed by atoms with Crippen LogP contribution in [0, 0.1) is 0 Å². The molecular weight excluding hydrogens is 242 g/mol. The number of carbonyl (C=O) groups is 2. The van der Waals surface area contributed by atoms with E-state index in [-0.39, 0.29) is 17.9 Å². The number of hydrogen-bond acceptors (Lipinski definition) is 3. The molecule has 5 heteroatoms. The van der Waals surface area contributed by atoms with Crippen LogP contribution in [0.5, 0.6) is 0 Å². The summed E-state index contributed by atoms with van der Waals surface area (Å²) in [7, 11) is 0. The van der Waals surface area contributed by atoms with Crippen LogP contribution in [0.1, 0.15) is 39.5 Å². The zero-order valence-corrected chi connectivity index (χ0v) is 11.9. The minimum Gasteiger partial charge on any atom is -0.354 e. The Morgan fingerprint density at radius 1 is 1.32 bits per heavy atom. The van der Waals surface area contributed by atoms with Gasteiger partial charge in [-0.2, -0.15) is 0 Å². The molecule has 19 heavy (non-hydrogen) atoms. The van der Waals surface area contributed by atoms with Crippen LogP contribution >= 0.6 is 0 Å². The summed E-state index contributed by atoms with van der Waals surface area (Å²) in [5.74, 6) is 0.0423. The van der Waals surface area contributed by atoms with Gasteiger partial charge in [0.05, 0.1) is 0 Å². The molecular formula is C14H25N3O2. The quantitative estimate of drug-likeness (QED) is 0.595. The molecule has 0 bridgehead atoms. The molecule has 0 aromatic carbocycles. The molecule has 0 saturated carbocycles. The first-order valence-electron chi connectivity index (χ1n) is 7.02. The van der Waals surface area contributed by atoms with E-state index in [9.17, 15) is 9.59 Å². The van der Waals surface area contributed by atoms with Crippen LogP contribution in [-0.4, -0.2) is 37.5 Å². The molecule has 0 unspecified atom stereocenters. The van der Waals surface area contributed by atoms with Gasteiger partial charge >= 0.3 is 0 Å². The molecule has 2 amide bonds. The van der Waals surface area contributed by atoms with Crippen LogP contribution in [0.15, 0.2) is 11.6 Å². The Hall–Kier alpha value is -1.36. The SMILES string of the molecule is CC(C)NC(=O)CCCC(=O)NCC1=CCNCC1. The number of hydrogen-bond donors (Lipinski definition) is 3. The van der Waals surface area contributed by atoms with E-state index in [1.165, 1.54) is 5.57 Å². The first-order valence-corrected chi connectivity index (χ1v) is 7.02. The first kappa shape index (κ1) is 15.7. The zero-order valence-electron chi connectivity index (χ0n) is 11.9. The monoisotopic (exact) mass is 267 g/mol. The lowest BCUT2D eigenvalue weighted by molar-refractivity contribution is -0.122. The molecule has 5 nitrogen and oxygen atoms in total. The van der Waals surface area contributed by atoms with Gasteiger partial charge in [-0.3, -0.25) is 9.59 Å². The molecule has 1 aliphatic heterocycles. The first-order chi connectivity index (χ1) is 9.08. The predicted octanol–water partition coefficient (Wildman–Crippen LogP) is 0.717. The second-order valence-corrected chi connectivity index (χ2v) is 5.17. The van der Waals surface area contributed by atoms with Gasteiger partial charge in [0.25, 0.3) is 0 Å². The van der Waals surface area contributed by atoms with Crippen molar-refractivity contribution >= 4 is 11.8 Å². The maximum absolute atomic E-state index is 11.6. The van der Waals surface area contributed by atoms with Gasteiger partial charge in [0.15, 0.2) is 0 Å². The molecule has 0 aromatic rings. The van der Waals surface area contributed by atoms with Crippen LogP contribution in [0.25, 0.3) is 0 Å². The van der Waals surface area contributed by atoms with Crippen molar-refractivity contribution in [2.45, 2.75) is 45.6 Å². The van der Waals surface area contributed by atoms with Crippen molar-refractivity contribution in [3.8, 4) is 0 Å². The highest BCUT2D eigenvalue weighted by Gasteiger charge is 2.07. The van der Waals surface area contributed by atoms with Crippen molar-refractivity contribution in [1.82, 2.24) is 16.0 Å². The second-order valence-electron chi connectivity index (χ2n) is 5.17. The standard InChI is InChI=1S/C14H25N3O2/c1-11(2)17-14(19)5-3-4-13(18)16-10-12-6-8-15-9-7-12/h6,11,15H,3-5,7-10H2,1-2H3,(H,16,18)(H,17,19). The van der Waals surface area contributed by atoms with Crippen molar-refractivity contribution in [3.63, 3.8) is 0 Å². The Labute approximate surface area is 115 Å². The van der Waals surface area contributed by atoms with E-state index in [0.717, 1.165) is 19.5 Å². The molecule has 1 heterocycles. The van der Waals surface area contributed by atoms with Gasteiger partial charge < -0.3 is 16.0 Å². The number of rotatable bonds is 7. The highest BCUT2D eigenvalue weighted by Crippen LogP contribution is 2.03. The average molecular weight is 267 g/mol. The second kappa shape index (κ2) is 8.69. The summed E-state index contributed by atoms with van der Waals surface area (Å²) in [5.41, 5.74) is 1.28. The lowest BCUT2D eigenvalue weighted by Gasteiger charge is -2.14. The molecule has 0 atom stereocenters. The summed E-state index contributed by atoms with van der Waals surface area (Å²) in [5, 5.41) is 8.94. The molecule has 0 fully saturated rings. The van der Waals surface area contributed by atoms with E-state index in [1.807, 2.05) is 13.8 Å². The van der Waals surface area contributed by atoms with E-state index >= 15 is 0 Å². The number of nitrogens with one attached hydrogen (secondary N) is 3. The van der Waals surface area contributed by atoms with Crippen LogP contribution in [0.4, 0.5) is 0 Å². The van der Waals surface area contributed by atoms with Gasteiger partial charge in [0.1, 0.15) is 0 Å². The van der Waals surface area contributed by atoms with Crippen LogP contribution in [0.3, 0.4) is 0 Å². The minimum absolute atomic E-state index is 0.0175. The van der Waals surface area contributed by atoms with E-state index in [4.69, 9.17) is 0 Å². The smallest absolute Gasteiger partial charge is 0.220 e. The Morgan fingerprint density at radius 3 is 2.68 bits per heavy atom. The molecule has 0 radical (unpaired) electrons. The fourth-order valence-electron chi connectivity index (χ4n) is 1.93. The van der Waals surface area contributed by atoms with Gasteiger partial charge in [-0.25, -0.2) is 0 Å². The molecule has 0 aliphatic carbocycles. The van der Waals surface area contributed by atoms with Gasteiger partial charge in [-0.15, -0.1) is 0 Å². The Bertz CT molecular complexity index is 338. The lowest BCUT2D eigenvalue weighted by atomic mass is 10.1. The summed E-state index contributed by atoms with van der Waals surface area (Å²) < 4.78 is 0. The topological polar surface area (TPSA) is 70.2 Å². The van der Waals surface area contributed by atoms with E-state index < -0.39 is 0 Å². The molecule has 0 saturated heterocycles. The van der Waals surface area contributed by atoms with Crippen LogP contribution in [0.2, 0.25) is 0 Å². The van der Waals surface area contributed by atoms with E-state index in [1.54, 1.807) is 0 Å². The fraction of sp³-hybridized carbons (Fsp3) is 0.714. The van der Waals surface area contributed by atoms with Gasteiger partial charge in [-0.1, -0.05) is 11.6 Å². The van der Waals surface area contributed by atoms with Crippen molar-refractivity contribution < 1.29 is 9.59 Å². The summed E-state index contributed by atoms with van der Waals surface area (Å²) in [6.07, 6.45) is 4.55. The van der Waals surface area contributed by atoms with Gasteiger partial charge in [0, 0.05) is 32.0 Å².